The summed E-state index contributed by atoms with van der Waals surface area (Å²) in [6.07, 6.45) is 14.1. The Balaban J connectivity index is 2.11. The van der Waals surface area contributed by atoms with Gasteiger partial charge in [-0.3, -0.25) is 9.69 Å². The van der Waals surface area contributed by atoms with E-state index in [2.05, 4.69) is 12.2 Å². The largest absolute Gasteiger partial charge is 0.444 e. The molecule has 1 aliphatic rings. The second-order valence-corrected chi connectivity index (χ2v) is 8.80. The Morgan fingerprint density at radius 3 is 2.07 bits per heavy atom. The van der Waals surface area contributed by atoms with Gasteiger partial charge in [0.1, 0.15) is 11.6 Å². The summed E-state index contributed by atoms with van der Waals surface area (Å²) in [4.78, 5) is 26.3. The highest BCUT2D eigenvalue weighted by Gasteiger charge is 2.36. The van der Waals surface area contributed by atoms with Crippen molar-refractivity contribution in [1.82, 2.24) is 10.2 Å². The molecule has 1 saturated heterocycles. The fraction of sp³-hybridized carbons (Fsp3) is 0.909. The van der Waals surface area contributed by atoms with Crippen molar-refractivity contribution in [2.45, 2.75) is 116 Å². The van der Waals surface area contributed by atoms with Crippen molar-refractivity contribution < 1.29 is 14.3 Å². The first-order valence-electron chi connectivity index (χ1n) is 11.1. The molecule has 1 N–H and O–H groups in total. The maximum Gasteiger partial charge on any atom is 0.410 e. The quantitative estimate of drug-likeness (QED) is 0.458. The second-order valence-electron chi connectivity index (χ2n) is 8.80. The Kier molecular flexibility index (Phi) is 11.5. The van der Waals surface area contributed by atoms with Gasteiger partial charge in [0, 0.05) is 13.1 Å². The van der Waals surface area contributed by atoms with Crippen LogP contribution >= 0.6 is 0 Å². The van der Waals surface area contributed by atoms with E-state index in [1.807, 2.05) is 20.8 Å². The molecule has 5 nitrogen and oxygen atoms in total. The second kappa shape index (κ2) is 13.0. The van der Waals surface area contributed by atoms with Crippen molar-refractivity contribution in [2.24, 2.45) is 0 Å². The normalized spacial score (nSPS) is 17.2. The SMILES string of the molecule is CCCCCCCCCCCCNC(=O)[C@H]1CCCN1C(=O)OC(C)(C)C. The topological polar surface area (TPSA) is 58.6 Å². The Morgan fingerprint density at radius 1 is 0.963 bits per heavy atom. The smallest absolute Gasteiger partial charge is 0.410 e. The van der Waals surface area contributed by atoms with Gasteiger partial charge in [0.2, 0.25) is 5.91 Å². The average Bonchev–Trinajstić information content (AvgIpc) is 3.08. The lowest BCUT2D eigenvalue weighted by Crippen LogP contribution is -2.47. The van der Waals surface area contributed by atoms with Crippen LogP contribution in [0.4, 0.5) is 4.79 Å². The maximum atomic E-state index is 12.4. The monoisotopic (exact) mass is 382 g/mol. The summed E-state index contributed by atoms with van der Waals surface area (Å²) in [7, 11) is 0. The molecule has 0 spiro atoms. The fourth-order valence-corrected chi connectivity index (χ4v) is 3.52. The third-order valence-electron chi connectivity index (χ3n) is 5.01. The number of amides is 2. The molecule has 1 heterocycles. The Morgan fingerprint density at radius 2 is 1.52 bits per heavy atom. The average molecular weight is 383 g/mol. The van der Waals surface area contributed by atoms with Gasteiger partial charge >= 0.3 is 6.09 Å². The highest BCUT2D eigenvalue weighted by atomic mass is 16.6. The number of ether oxygens (including phenoxy) is 1. The lowest BCUT2D eigenvalue weighted by molar-refractivity contribution is -0.125. The van der Waals surface area contributed by atoms with Gasteiger partial charge in [-0.2, -0.15) is 0 Å². The van der Waals surface area contributed by atoms with E-state index >= 15 is 0 Å². The van der Waals surface area contributed by atoms with Gasteiger partial charge in [0.25, 0.3) is 0 Å². The fourth-order valence-electron chi connectivity index (χ4n) is 3.52. The van der Waals surface area contributed by atoms with Crippen molar-refractivity contribution in [3.63, 3.8) is 0 Å². The molecule has 158 valence electrons. The highest BCUT2D eigenvalue weighted by Crippen LogP contribution is 2.21. The van der Waals surface area contributed by atoms with Gasteiger partial charge in [-0.15, -0.1) is 0 Å². The first-order chi connectivity index (χ1) is 12.8. The number of unbranched alkanes of at least 4 members (excludes halogenated alkanes) is 9. The van der Waals surface area contributed by atoms with E-state index in [4.69, 9.17) is 4.74 Å². The summed E-state index contributed by atoms with van der Waals surface area (Å²) in [5.41, 5.74) is -0.531. The highest BCUT2D eigenvalue weighted by molar-refractivity contribution is 5.86. The van der Waals surface area contributed by atoms with Gasteiger partial charge in [-0.25, -0.2) is 4.79 Å². The minimum Gasteiger partial charge on any atom is -0.444 e. The molecule has 0 saturated carbocycles. The molecule has 5 heteroatoms. The molecule has 1 aliphatic heterocycles. The van der Waals surface area contributed by atoms with E-state index in [9.17, 15) is 9.59 Å². The number of nitrogens with zero attached hydrogens (tertiary/aromatic N) is 1. The number of nitrogens with one attached hydrogen (secondary N) is 1. The van der Waals surface area contributed by atoms with E-state index in [-0.39, 0.29) is 18.0 Å². The van der Waals surface area contributed by atoms with Crippen LogP contribution in [0.3, 0.4) is 0 Å². The lowest BCUT2D eigenvalue weighted by Gasteiger charge is -2.28. The third kappa shape index (κ3) is 10.6. The molecule has 0 aromatic rings. The van der Waals surface area contributed by atoms with Crippen LogP contribution in [0.5, 0.6) is 0 Å². The molecule has 0 bridgehead atoms. The van der Waals surface area contributed by atoms with Gasteiger partial charge in [-0.05, 0) is 40.0 Å². The van der Waals surface area contributed by atoms with Crippen LogP contribution in [0.25, 0.3) is 0 Å². The van der Waals surface area contributed by atoms with Crippen molar-refractivity contribution in [3.05, 3.63) is 0 Å². The third-order valence-corrected chi connectivity index (χ3v) is 5.01. The Labute approximate surface area is 166 Å². The molecule has 0 aromatic carbocycles. The molecule has 1 atom stereocenters. The number of likely N-dealkylation sites (tertiary alicyclic amines) is 1. The summed E-state index contributed by atoms with van der Waals surface area (Å²) >= 11 is 0. The lowest BCUT2D eigenvalue weighted by atomic mass is 10.1. The zero-order valence-corrected chi connectivity index (χ0v) is 18.1. The molecule has 2 amide bonds. The van der Waals surface area contributed by atoms with E-state index in [0.29, 0.717) is 13.1 Å². The molecule has 27 heavy (non-hydrogen) atoms. The van der Waals surface area contributed by atoms with E-state index < -0.39 is 5.60 Å². The zero-order valence-electron chi connectivity index (χ0n) is 18.1. The van der Waals surface area contributed by atoms with E-state index in [0.717, 1.165) is 25.7 Å². The van der Waals surface area contributed by atoms with Gasteiger partial charge < -0.3 is 10.1 Å². The number of rotatable bonds is 12. The number of hydrogen-bond acceptors (Lipinski definition) is 3. The molecule has 0 aromatic heterocycles. The molecule has 0 unspecified atom stereocenters. The number of hydrogen-bond donors (Lipinski definition) is 1. The summed E-state index contributed by atoms with van der Waals surface area (Å²) < 4.78 is 5.42. The minimum absolute atomic E-state index is 0.0331. The predicted molar refractivity (Wildman–Crippen MR) is 111 cm³/mol. The van der Waals surface area contributed by atoms with Gasteiger partial charge in [0.05, 0.1) is 0 Å². The molecular weight excluding hydrogens is 340 g/mol. The molecule has 0 aliphatic carbocycles. The summed E-state index contributed by atoms with van der Waals surface area (Å²) in [5, 5.41) is 3.01. The van der Waals surface area contributed by atoms with Crippen LogP contribution < -0.4 is 5.32 Å². The molecular formula is C22H42N2O3. The summed E-state index contributed by atoms with van der Waals surface area (Å²) in [6.45, 7) is 9.10. The van der Waals surface area contributed by atoms with Crippen LogP contribution in [0.1, 0.15) is 105 Å². The van der Waals surface area contributed by atoms with Crippen LogP contribution in [0, 0.1) is 0 Å². The van der Waals surface area contributed by atoms with Crippen molar-refractivity contribution in [2.75, 3.05) is 13.1 Å². The first kappa shape index (κ1) is 23.8. The van der Waals surface area contributed by atoms with Crippen molar-refractivity contribution in [1.29, 1.82) is 0 Å². The Hall–Kier alpha value is -1.26. The standard InChI is InChI=1S/C22H42N2O3/c1-5-6-7-8-9-10-11-12-13-14-17-23-20(25)19-16-15-18-24(19)21(26)27-22(2,3)4/h19H,5-18H2,1-4H3,(H,23,25)/t19-/m1/s1. The first-order valence-corrected chi connectivity index (χ1v) is 11.1. The van der Waals surface area contributed by atoms with Gasteiger partial charge in [0.15, 0.2) is 0 Å². The predicted octanol–water partition coefficient (Wildman–Crippen LogP) is 5.42. The van der Waals surface area contributed by atoms with E-state index in [1.165, 1.54) is 51.4 Å². The molecule has 1 fully saturated rings. The van der Waals surface area contributed by atoms with E-state index in [1.54, 1.807) is 4.90 Å². The number of carbonyl (C=O) groups is 2. The van der Waals surface area contributed by atoms with Gasteiger partial charge in [-0.1, -0.05) is 64.7 Å². The van der Waals surface area contributed by atoms with Crippen LogP contribution in [-0.4, -0.2) is 41.6 Å². The summed E-state index contributed by atoms with van der Waals surface area (Å²) in [6, 6.07) is -0.372. The van der Waals surface area contributed by atoms with Crippen molar-refractivity contribution in [3.8, 4) is 0 Å². The summed E-state index contributed by atoms with van der Waals surface area (Å²) in [5.74, 6) is -0.0331. The minimum atomic E-state index is -0.531. The van der Waals surface area contributed by atoms with Crippen LogP contribution in [-0.2, 0) is 9.53 Å². The zero-order chi connectivity index (χ0) is 20.1. The number of carbonyl (C=O) groups excluding carboxylic acids is 2. The van der Waals surface area contributed by atoms with Crippen molar-refractivity contribution >= 4 is 12.0 Å². The Bertz CT molecular complexity index is 432. The molecule has 1 rings (SSSR count). The molecule has 0 radical (unpaired) electrons. The van der Waals surface area contributed by atoms with Crippen LogP contribution in [0.2, 0.25) is 0 Å². The maximum absolute atomic E-state index is 12.4. The van der Waals surface area contributed by atoms with Crippen LogP contribution in [0.15, 0.2) is 0 Å².